The van der Waals surface area contributed by atoms with E-state index in [0.717, 1.165) is 19.4 Å². The highest BCUT2D eigenvalue weighted by Gasteiger charge is 2.27. The average molecular weight is 312 g/mol. The summed E-state index contributed by atoms with van der Waals surface area (Å²) in [6.07, 6.45) is 2.29. The average Bonchev–Trinajstić information content (AvgIpc) is 3.14. The van der Waals surface area contributed by atoms with Gasteiger partial charge in [-0.3, -0.25) is 0 Å². The Kier molecular flexibility index (Phi) is 6.21. The molecule has 0 aliphatic carbocycles. The fourth-order valence-corrected chi connectivity index (χ4v) is 2.80. The molecule has 122 valence electrons. The summed E-state index contributed by atoms with van der Waals surface area (Å²) in [5.41, 5.74) is 2.36. The van der Waals surface area contributed by atoms with Crippen LogP contribution in [0.25, 0.3) is 0 Å². The van der Waals surface area contributed by atoms with Crippen molar-refractivity contribution < 1.29 is 14.2 Å². The summed E-state index contributed by atoms with van der Waals surface area (Å²) in [6, 6.07) is 20.5. The lowest BCUT2D eigenvalue weighted by atomic mass is 10.1. The second-order valence-corrected chi connectivity index (χ2v) is 5.89. The minimum Gasteiger partial charge on any atom is -0.375 e. The molecule has 0 bridgehead atoms. The fourth-order valence-electron chi connectivity index (χ4n) is 2.80. The Morgan fingerprint density at radius 3 is 2.17 bits per heavy atom. The molecule has 1 aliphatic heterocycles. The summed E-state index contributed by atoms with van der Waals surface area (Å²) >= 11 is 0. The lowest BCUT2D eigenvalue weighted by Gasteiger charge is -2.23. The van der Waals surface area contributed by atoms with Gasteiger partial charge in [0.15, 0.2) is 0 Å². The van der Waals surface area contributed by atoms with Crippen molar-refractivity contribution >= 4 is 0 Å². The maximum atomic E-state index is 6.10. The summed E-state index contributed by atoms with van der Waals surface area (Å²) in [6.45, 7) is 2.60. The van der Waals surface area contributed by atoms with Gasteiger partial charge in [-0.2, -0.15) is 0 Å². The van der Waals surface area contributed by atoms with Gasteiger partial charge in [0.1, 0.15) is 6.10 Å². The van der Waals surface area contributed by atoms with Crippen LogP contribution in [0.3, 0.4) is 0 Å². The molecule has 0 amide bonds. The molecule has 3 heteroatoms. The third-order valence-electron chi connectivity index (χ3n) is 4.08. The van der Waals surface area contributed by atoms with Gasteiger partial charge in [-0.15, -0.1) is 0 Å². The minimum absolute atomic E-state index is 0.0126. The predicted molar refractivity (Wildman–Crippen MR) is 90.1 cm³/mol. The van der Waals surface area contributed by atoms with E-state index in [0.29, 0.717) is 19.8 Å². The summed E-state index contributed by atoms with van der Waals surface area (Å²) in [7, 11) is 0. The molecule has 0 saturated carbocycles. The van der Waals surface area contributed by atoms with Crippen molar-refractivity contribution in [2.75, 3.05) is 13.2 Å². The lowest BCUT2D eigenvalue weighted by Crippen LogP contribution is -2.33. The van der Waals surface area contributed by atoms with E-state index in [4.69, 9.17) is 14.2 Å². The van der Waals surface area contributed by atoms with E-state index in [1.165, 1.54) is 11.1 Å². The van der Waals surface area contributed by atoms with E-state index >= 15 is 0 Å². The van der Waals surface area contributed by atoms with Gasteiger partial charge < -0.3 is 14.2 Å². The second-order valence-electron chi connectivity index (χ2n) is 5.89. The normalized spacial score (nSPS) is 18.9. The Bertz CT molecular complexity index is 550. The van der Waals surface area contributed by atoms with Crippen LogP contribution < -0.4 is 0 Å². The minimum atomic E-state index is -0.0126. The highest BCUT2D eigenvalue weighted by molar-refractivity contribution is 5.14. The van der Waals surface area contributed by atoms with Crippen LogP contribution in [0.4, 0.5) is 0 Å². The van der Waals surface area contributed by atoms with Crippen LogP contribution in [0.1, 0.15) is 24.0 Å². The maximum absolute atomic E-state index is 6.10. The number of ether oxygens (including phenoxy) is 3. The molecule has 3 rings (SSSR count). The molecule has 2 aromatic carbocycles. The Morgan fingerprint density at radius 1 is 0.913 bits per heavy atom. The fraction of sp³-hybridized carbons (Fsp3) is 0.400. The van der Waals surface area contributed by atoms with Crippen LogP contribution in [-0.4, -0.2) is 25.4 Å². The van der Waals surface area contributed by atoms with Crippen molar-refractivity contribution in [3.05, 3.63) is 71.8 Å². The number of hydrogen-bond donors (Lipinski definition) is 0. The third-order valence-corrected chi connectivity index (χ3v) is 4.08. The van der Waals surface area contributed by atoms with Crippen molar-refractivity contribution in [1.82, 2.24) is 0 Å². The van der Waals surface area contributed by atoms with Gasteiger partial charge in [-0.1, -0.05) is 60.7 Å². The van der Waals surface area contributed by atoms with E-state index in [9.17, 15) is 0 Å². The largest absolute Gasteiger partial charge is 0.375 e. The van der Waals surface area contributed by atoms with E-state index in [-0.39, 0.29) is 12.2 Å². The molecule has 0 spiro atoms. The monoisotopic (exact) mass is 312 g/mol. The van der Waals surface area contributed by atoms with Crippen LogP contribution in [0.5, 0.6) is 0 Å². The van der Waals surface area contributed by atoms with Gasteiger partial charge in [0.05, 0.1) is 25.9 Å². The molecule has 3 nitrogen and oxygen atoms in total. The van der Waals surface area contributed by atoms with E-state index < -0.39 is 0 Å². The zero-order valence-electron chi connectivity index (χ0n) is 13.4. The predicted octanol–water partition coefficient (Wildman–Crippen LogP) is 3.97. The highest BCUT2D eigenvalue weighted by atomic mass is 16.6. The first kappa shape index (κ1) is 16.2. The molecule has 2 unspecified atom stereocenters. The third kappa shape index (κ3) is 5.17. The second kappa shape index (κ2) is 8.82. The van der Waals surface area contributed by atoms with Crippen molar-refractivity contribution in [2.45, 2.75) is 38.3 Å². The molecule has 2 atom stereocenters. The maximum Gasteiger partial charge on any atom is 0.107 e. The van der Waals surface area contributed by atoms with Gasteiger partial charge in [-0.05, 0) is 24.0 Å². The molecule has 1 heterocycles. The van der Waals surface area contributed by atoms with Gasteiger partial charge in [0, 0.05) is 6.61 Å². The number of hydrogen-bond acceptors (Lipinski definition) is 3. The van der Waals surface area contributed by atoms with Crippen LogP contribution >= 0.6 is 0 Å². The molecule has 1 fully saturated rings. The molecule has 0 radical (unpaired) electrons. The Balaban J connectivity index is 1.51. The van der Waals surface area contributed by atoms with Crippen LogP contribution in [0.2, 0.25) is 0 Å². The molecule has 1 aliphatic rings. The first-order chi connectivity index (χ1) is 11.4. The lowest BCUT2D eigenvalue weighted by molar-refractivity contribution is -0.0950. The Morgan fingerprint density at radius 2 is 1.57 bits per heavy atom. The molecule has 2 aromatic rings. The number of benzene rings is 2. The van der Waals surface area contributed by atoms with Crippen molar-refractivity contribution in [1.29, 1.82) is 0 Å². The quantitative estimate of drug-likeness (QED) is 0.738. The Hall–Kier alpha value is -1.68. The number of rotatable bonds is 8. The van der Waals surface area contributed by atoms with Crippen LogP contribution in [0.15, 0.2) is 60.7 Å². The molecule has 1 saturated heterocycles. The van der Waals surface area contributed by atoms with Gasteiger partial charge in [-0.25, -0.2) is 0 Å². The zero-order valence-corrected chi connectivity index (χ0v) is 13.4. The first-order valence-electron chi connectivity index (χ1n) is 8.30. The topological polar surface area (TPSA) is 27.7 Å². The van der Waals surface area contributed by atoms with E-state index in [1.807, 2.05) is 36.4 Å². The molecular formula is C20H24O3. The SMILES string of the molecule is c1ccc(COCC(OCc2ccccc2)C2CCCO2)cc1. The summed E-state index contributed by atoms with van der Waals surface area (Å²) in [5, 5.41) is 0. The van der Waals surface area contributed by atoms with Crippen molar-refractivity contribution in [3.8, 4) is 0 Å². The van der Waals surface area contributed by atoms with Crippen molar-refractivity contribution in [3.63, 3.8) is 0 Å². The first-order valence-corrected chi connectivity index (χ1v) is 8.30. The smallest absolute Gasteiger partial charge is 0.107 e. The van der Waals surface area contributed by atoms with Crippen molar-refractivity contribution in [2.24, 2.45) is 0 Å². The summed E-state index contributed by atoms with van der Waals surface area (Å²) in [5.74, 6) is 0. The summed E-state index contributed by atoms with van der Waals surface area (Å²) in [4.78, 5) is 0. The van der Waals surface area contributed by atoms with Crippen LogP contribution in [0, 0.1) is 0 Å². The van der Waals surface area contributed by atoms with E-state index in [2.05, 4.69) is 24.3 Å². The molecule has 0 aromatic heterocycles. The molecule has 0 N–H and O–H groups in total. The standard InChI is InChI=1S/C20H24O3/c1-3-8-17(9-4-1)14-21-16-20(19-12-7-13-22-19)23-15-18-10-5-2-6-11-18/h1-6,8-11,19-20H,7,12-16H2. The van der Waals surface area contributed by atoms with E-state index in [1.54, 1.807) is 0 Å². The molecule has 23 heavy (non-hydrogen) atoms. The van der Waals surface area contributed by atoms with Gasteiger partial charge in [0.2, 0.25) is 0 Å². The molecular weight excluding hydrogens is 288 g/mol. The van der Waals surface area contributed by atoms with Gasteiger partial charge >= 0.3 is 0 Å². The van der Waals surface area contributed by atoms with Gasteiger partial charge in [0.25, 0.3) is 0 Å². The summed E-state index contributed by atoms with van der Waals surface area (Å²) < 4.78 is 17.8. The van der Waals surface area contributed by atoms with Crippen LogP contribution in [-0.2, 0) is 27.4 Å². The highest BCUT2D eigenvalue weighted by Crippen LogP contribution is 2.20. The Labute approximate surface area is 138 Å². The zero-order chi connectivity index (χ0) is 15.7.